The highest BCUT2D eigenvalue weighted by Gasteiger charge is 2.25. The van der Waals surface area contributed by atoms with Crippen LogP contribution in [0, 0.1) is 12.8 Å². The first-order chi connectivity index (χ1) is 20.9. The van der Waals surface area contributed by atoms with Crippen molar-refractivity contribution in [1.82, 2.24) is 0 Å². The number of aromatic nitrogens is 1. The zero-order valence-corrected chi connectivity index (χ0v) is 28.5. The van der Waals surface area contributed by atoms with Gasteiger partial charge in [-0.3, -0.25) is 0 Å². The van der Waals surface area contributed by atoms with Crippen LogP contribution in [0.2, 0.25) is 0 Å². The molecule has 6 rings (SSSR count). The molecular formula is C36H43N2O2S3+. The van der Waals surface area contributed by atoms with Crippen molar-refractivity contribution < 1.29 is 13.5 Å². The van der Waals surface area contributed by atoms with E-state index in [0.29, 0.717) is 12.0 Å². The molecule has 0 spiro atoms. The van der Waals surface area contributed by atoms with Crippen molar-refractivity contribution in [3.05, 3.63) is 81.4 Å². The molecule has 1 aromatic heterocycles. The molecule has 1 fully saturated rings. The van der Waals surface area contributed by atoms with Crippen molar-refractivity contribution in [3.8, 4) is 5.75 Å². The van der Waals surface area contributed by atoms with Crippen molar-refractivity contribution in [3.63, 3.8) is 0 Å². The molecule has 2 aliphatic carbocycles. The Morgan fingerprint density at radius 1 is 1.12 bits per heavy atom. The molecule has 2 heterocycles. The molecule has 1 unspecified atom stereocenters. The molecule has 226 valence electrons. The highest BCUT2D eigenvalue weighted by Crippen LogP contribution is 2.47. The minimum atomic E-state index is 0.401. The molecule has 4 nitrogen and oxygen atoms in total. The first kappa shape index (κ1) is 30.6. The second-order valence-electron chi connectivity index (χ2n) is 12.0. The fourth-order valence-electron chi connectivity index (χ4n) is 6.37. The maximum atomic E-state index is 6.19. The molecule has 7 heteroatoms. The predicted molar refractivity (Wildman–Crippen MR) is 185 cm³/mol. The number of methoxy groups -OCH3 is 1. The van der Waals surface area contributed by atoms with Gasteiger partial charge in [-0.25, -0.2) is 0 Å². The van der Waals surface area contributed by atoms with Gasteiger partial charge in [0.15, 0.2) is 0 Å². The van der Waals surface area contributed by atoms with Gasteiger partial charge in [-0.2, -0.15) is 4.57 Å². The lowest BCUT2D eigenvalue weighted by atomic mass is 9.87. The number of hydrogen-bond donors (Lipinski definition) is 0. The molecule has 2 aromatic carbocycles. The van der Waals surface area contributed by atoms with E-state index in [1.807, 2.05) is 23.1 Å². The van der Waals surface area contributed by atoms with Crippen LogP contribution in [0.1, 0.15) is 69.4 Å². The number of fused-ring (bicyclic) bond motifs is 2. The van der Waals surface area contributed by atoms with Crippen molar-refractivity contribution in [2.45, 2.75) is 88.2 Å². The lowest BCUT2D eigenvalue weighted by molar-refractivity contribution is -0.665. The van der Waals surface area contributed by atoms with E-state index in [4.69, 9.17) is 8.92 Å². The van der Waals surface area contributed by atoms with Gasteiger partial charge in [-0.1, -0.05) is 67.5 Å². The molecule has 0 bridgehead atoms. The zero-order valence-electron chi connectivity index (χ0n) is 26.0. The Kier molecular flexibility index (Phi) is 9.72. The standard InChI is InChI=1S/C36H43N2O2S3/c1-6-38-31-19-25(3)32(39-5)23-34(31)42-35(38)14-10-11-26-17-24(2)18-27(20-26)21-36-37(4)30-22-29(15-16-33(30)41-36)43-40-28-12-8-7-9-13-28/h10-11,14-16,19-24,28H,6-9,12-13,17-18H2,1-5H3/q+1. The normalized spacial score (nSPS) is 21.4. The van der Waals surface area contributed by atoms with Gasteiger partial charge in [0.2, 0.25) is 5.52 Å². The van der Waals surface area contributed by atoms with Crippen molar-refractivity contribution in [2.75, 3.05) is 19.1 Å². The van der Waals surface area contributed by atoms with Crippen LogP contribution in [0.5, 0.6) is 5.75 Å². The van der Waals surface area contributed by atoms with Gasteiger partial charge in [0, 0.05) is 47.1 Å². The number of thioether (sulfide) groups is 1. The summed E-state index contributed by atoms with van der Waals surface area (Å²) in [6, 6.07) is 11.2. The van der Waals surface area contributed by atoms with Crippen LogP contribution in [-0.4, -0.2) is 20.3 Å². The van der Waals surface area contributed by atoms with E-state index in [2.05, 4.69) is 98.0 Å². The number of aryl methyl sites for hydroxylation is 2. The van der Waals surface area contributed by atoms with Gasteiger partial charge in [0.1, 0.15) is 17.0 Å². The third kappa shape index (κ3) is 6.95. The molecule has 0 amide bonds. The fourth-order valence-corrected chi connectivity index (χ4v) is 9.35. The van der Waals surface area contributed by atoms with Crippen LogP contribution in [-0.2, 0) is 10.7 Å². The summed E-state index contributed by atoms with van der Waals surface area (Å²) >= 11 is 5.25. The SMILES string of the molecule is CC[n+]1c(/C=C/C=C2C=C(/C=C3\Sc4ccc(SOC5CCCCC5)cc4N3C)CC(C)C2)sc2cc(OC)c(C)cc21. The van der Waals surface area contributed by atoms with E-state index in [9.17, 15) is 0 Å². The van der Waals surface area contributed by atoms with Crippen LogP contribution >= 0.6 is 35.1 Å². The van der Waals surface area contributed by atoms with Crippen molar-refractivity contribution in [2.24, 2.45) is 5.92 Å². The average molecular weight is 632 g/mol. The monoisotopic (exact) mass is 631 g/mol. The Balaban J connectivity index is 1.17. The molecule has 3 aliphatic rings. The molecule has 43 heavy (non-hydrogen) atoms. The Morgan fingerprint density at radius 3 is 2.74 bits per heavy atom. The summed E-state index contributed by atoms with van der Waals surface area (Å²) in [6.07, 6.45) is 20.6. The Morgan fingerprint density at radius 2 is 1.95 bits per heavy atom. The fraction of sp³-hybridized carbons (Fsp3) is 0.417. The van der Waals surface area contributed by atoms with E-state index < -0.39 is 0 Å². The van der Waals surface area contributed by atoms with Gasteiger partial charge in [-0.15, -0.1) is 0 Å². The lowest BCUT2D eigenvalue weighted by Gasteiger charge is -2.21. The van der Waals surface area contributed by atoms with Crippen LogP contribution < -0.4 is 14.2 Å². The third-order valence-electron chi connectivity index (χ3n) is 8.63. The molecule has 3 aromatic rings. The van der Waals surface area contributed by atoms with Crippen LogP contribution in [0.15, 0.2) is 80.6 Å². The Hall–Kier alpha value is -2.45. The number of anilines is 1. The van der Waals surface area contributed by atoms with Crippen molar-refractivity contribution in [1.29, 1.82) is 0 Å². The number of benzene rings is 2. The van der Waals surface area contributed by atoms with E-state index in [0.717, 1.165) is 25.1 Å². The number of hydrogen-bond acceptors (Lipinski definition) is 6. The van der Waals surface area contributed by atoms with E-state index in [-0.39, 0.29) is 0 Å². The Labute approximate surface area is 269 Å². The van der Waals surface area contributed by atoms with E-state index in [1.165, 1.54) is 84.5 Å². The molecule has 0 saturated heterocycles. The number of ether oxygens (including phenoxy) is 1. The minimum Gasteiger partial charge on any atom is -0.496 e. The number of nitrogens with zero attached hydrogens (tertiary/aromatic N) is 2. The predicted octanol–water partition coefficient (Wildman–Crippen LogP) is 10.3. The number of allylic oxidation sites excluding steroid dienone is 6. The maximum Gasteiger partial charge on any atom is 0.262 e. The summed E-state index contributed by atoms with van der Waals surface area (Å²) in [6.45, 7) is 7.64. The summed E-state index contributed by atoms with van der Waals surface area (Å²) in [7, 11) is 3.94. The zero-order chi connectivity index (χ0) is 29.9. The maximum absolute atomic E-state index is 6.19. The van der Waals surface area contributed by atoms with Crippen LogP contribution in [0.25, 0.3) is 16.3 Å². The van der Waals surface area contributed by atoms with Crippen LogP contribution in [0.4, 0.5) is 5.69 Å². The molecule has 1 saturated carbocycles. The molecule has 0 radical (unpaired) electrons. The number of thiazole rings is 1. The molecule has 0 N–H and O–H groups in total. The largest absolute Gasteiger partial charge is 0.496 e. The second kappa shape index (κ2) is 13.7. The van der Waals surface area contributed by atoms with E-state index >= 15 is 0 Å². The first-order valence-electron chi connectivity index (χ1n) is 15.6. The molecule has 1 atom stereocenters. The number of rotatable bonds is 8. The summed E-state index contributed by atoms with van der Waals surface area (Å²) in [5.74, 6) is 1.57. The summed E-state index contributed by atoms with van der Waals surface area (Å²) in [5, 5.41) is 2.56. The molecule has 1 aliphatic heterocycles. The quantitative estimate of drug-likeness (QED) is 0.182. The van der Waals surface area contributed by atoms with Crippen molar-refractivity contribution >= 4 is 57.1 Å². The smallest absolute Gasteiger partial charge is 0.262 e. The first-order valence-corrected chi connectivity index (χ1v) is 18.0. The topological polar surface area (TPSA) is 25.6 Å². The summed E-state index contributed by atoms with van der Waals surface area (Å²) in [4.78, 5) is 4.85. The average Bonchev–Trinajstić information content (AvgIpc) is 3.50. The van der Waals surface area contributed by atoms with E-state index in [1.54, 1.807) is 19.2 Å². The highest BCUT2D eigenvalue weighted by atomic mass is 32.2. The van der Waals surface area contributed by atoms with Gasteiger partial charge in [0.05, 0.1) is 23.9 Å². The minimum absolute atomic E-state index is 0.401. The third-order valence-corrected chi connectivity index (χ3v) is 11.7. The molecular weight excluding hydrogens is 589 g/mol. The van der Waals surface area contributed by atoms with Gasteiger partial charge >= 0.3 is 0 Å². The van der Waals surface area contributed by atoms with Gasteiger partial charge in [-0.05, 0) is 86.4 Å². The van der Waals surface area contributed by atoms with Gasteiger partial charge < -0.3 is 13.8 Å². The lowest BCUT2D eigenvalue weighted by Crippen LogP contribution is -2.33. The second-order valence-corrected chi connectivity index (χ2v) is 15.0. The van der Waals surface area contributed by atoms with Crippen LogP contribution in [0.3, 0.4) is 0 Å². The highest BCUT2D eigenvalue weighted by molar-refractivity contribution is 8.03. The summed E-state index contributed by atoms with van der Waals surface area (Å²) < 4.78 is 15.4. The summed E-state index contributed by atoms with van der Waals surface area (Å²) in [5.41, 5.74) is 6.53. The van der Waals surface area contributed by atoms with Gasteiger partial charge in [0.25, 0.3) is 5.01 Å². The Bertz CT molecular complexity index is 1610.